The van der Waals surface area contributed by atoms with Crippen molar-refractivity contribution in [2.45, 2.75) is 19.4 Å². The van der Waals surface area contributed by atoms with Gasteiger partial charge in [-0.1, -0.05) is 12.1 Å². The van der Waals surface area contributed by atoms with E-state index in [0.717, 1.165) is 0 Å². The molecular weight excluding hydrogens is 209 g/mol. The third-order valence-corrected chi connectivity index (χ3v) is 2.56. The van der Waals surface area contributed by atoms with Crippen LogP contribution in [0.2, 0.25) is 0 Å². The highest BCUT2D eigenvalue weighted by Crippen LogP contribution is 2.07. The van der Waals surface area contributed by atoms with Crippen LogP contribution in [0.5, 0.6) is 0 Å². The number of amides is 1. The highest BCUT2D eigenvalue weighted by molar-refractivity contribution is 5.78. The van der Waals surface area contributed by atoms with E-state index in [4.69, 9.17) is 5.11 Å². The van der Waals surface area contributed by atoms with E-state index in [9.17, 15) is 9.18 Å². The normalized spacial score (nSPS) is 12.2. The van der Waals surface area contributed by atoms with Gasteiger partial charge in [0.1, 0.15) is 5.82 Å². The molecule has 1 aromatic rings. The van der Waals surface area contributed by atoms with Crippen LogP contribution in [0.25, 0.3) is 0 Å². The first-order valence-corrected chi connectivity index (χ1v) is 5.15. The molecule has 0 fully saturated rings. The second-order valence-electron chi connectivity index (χ2n) is 3.84. The van der Waals surface area contributed by atoms with Crippen LogP contribution in [0.1, 0.15) is 12.5 Å². The third-order valence-electron chi connectivity index (χ3n) is 2.56. The van der Waals surface area contributed by atoms with Gasteiger partial charge in [0.25, 0.3) is 0 Å². The monoisotopic (exact) mass is 225 g/mol. The smallest absolute Gasteiger partial charge is 0.227 e. The van der Waals surface area contributed by atoms with Crippen molar-refractivity contribution in [2.75, 3.05) is 13.7 Å². The number of rotatable bonds is 4. The predicted octanol–water partition coefficient (Wildman–Crippen LogP) is 1.21. The molecule has 3 nitrogen and oxygen atoms in total. The third kappa shape index (κ3) is 3.31. The average Bonchev–Trinajstić information content (AvgIpc) is 2.27. The summed E-state index contributed by atoms with van der Waals surface area (Å²) >= 11 is 0. The van der Waals surface area contributed by atoms with E-state index < -0.39 is 0 Å². The zero-order valence-electron chi connectivity index (χ0n) is 9.48. The Morgan fingerprint density at radius 1 is 1.56 bits per heavy atom. The van der Waals surface area contributed by atoms with E-state index in [0.29, 0.717) is 5.56 Å². The molecule has 0 aliphatic heterocycles. The lowest BCUT2D eigenvalue weighted by Crippen LogP contribution is -2.38. The van der Waals surface area contributed by atoms with Crippen molar-refractivity contribution in [3.05, 3.63) is 35.6 Å². The van der Waals surface area contributed by atoms with Crippen LogP contribution < -0.4 is 0 Å². The van der Waals surface area contributed by atoms with Crippen molar-refractivity contribution in [1.29, 1.82) is 0 Å². The molecule has 0 bridgehead atoms. The first-order valence-electron chi connectivity index (χ1n) is 5.15. The molecule has 1 N–H and O–H groups in total. The van der Waals surface area contributed by atoms with Gasteiger partial charge < -0.3 is 10.0 Å². The molecule has 88 valence electrons. The largest absolute Gasteiger partial charge is 0.394 e. The van der Waals surface area contributed by atoms with Gasteiger partial charge in [-0.3, -0.25) is 4.79 Å². The summed E-state index contributed by atoms with van der Waals surface area (Å²) in [5.41, 5.74) is 0.641. The number of aliphatic hydroxyl groups is 1. The van der Waals surface area contributed by atoms with Crippen LogP contribution in [0.3, 0.4) is 0 Å². The summed E-state index contributed by atoms with van der Waals surface area (Å²) < 4.78 is 12.9. The maximum absolute atomic E-state index is 12.9. The lowest BCUT2D eigenvalue weighted by atomic mass is 10.1. The molecule has 0 saturated carbocycles. The minimum atomic E-state index is -0.344. The molecule has 0 radical (unpaired) electrons. The molecule has 0 heterocycles. The molecule has 16 heavy (non-hydrogen) atoms. The Kier molecular flexibility index (Phi) is 4.43. The molecule has 0 aliphatic rings. The predicted molar refractivity (Wildman–Crippen MR) is 59.4 cm³/mol. The number of likely N-dealkylation sites (N-methyl/N-ethyl adjacent to an activating group) is 1. The molecule has 0 saturated heterocycles. The zero-order chi connectivity index (χ0) is 12.1. The van der Waals surface area contributed by atoms with Crippen LogP contribution >= 0.6 is 0 Å². The number of aliphatic hydroxyl groups excluding tert-OH is 1. The molecule has 0 aromatic heterocycles. The Balaban J connectivity index is 2.64. The summed E-state index contributed by atoms with van der Waals surface area (Å²) in [7, 11) is 1.63. The van der Waals surface area contributed by atoms with Gasteiger partial charge >= 0.3 is 0 Å². The fraction of sp³-hybridized carbons (Fsp3) is 0.417. The fourth-order valence-corrected chi connectivity index (χ4v) is 1.31. The van der Waals surface area contributed by atoms with E-state index in [-0.39, 0.29) is 30.8 Å². The molecule has 0 aliphatic carbocycles. The number of carbonyl (C=O) groups excluding carboxylic acids is 1. The van der Waals surface area contributed by atoms with Gasteiger partial charge in [-0.25, -0.2) is 4.39 Å². The van der Waals surface area contributed by atoms with Gasteiger partial charge in [-0.15, -0.1) is 0 Å². The van der Waals surface area contributed by atoms with Crippen LogP contribution in [0.15, 0.2) is 24.3 Å². The lowest BCUT2D eigenvalue weighted by Gasteiger charge is -2.23. The van der Waals surface area contributed by atoms with Crippen LogP contribution in [-0.2, 0) is 11.2 Å². The van der Waals surface area contributed by atoms with Crippen molar-refractivity contribution in [3.8, 4) is 0 Å². The van der Waals surface area contributed by atoms with E-state index in [1.54, 1.807) is 26.1 Å². The molecule has 1 rings (SSSR count). The van der Waals surface area contributed by atoms with Crippen molar-refractivity contribution in [3.63, 3.8) is 0 Å². The number of nitrogens with zero attached hydrogens (tertiary/aromatic N) is 1. The minimum absolute atomic E-state index is 0.0780. The van der Waals surface area contributed by atoms with Crippen LogP contribution in [-0.4, -0.2) is 35.6 Å². The average molecular weight is 225 g/mol. The van der Waals surface area contributed by atoms with Gasteiger partial charge in [0.15, 0.2) is 0 Å². The van der Waals surface area contributed by atoms with E-state index >= 15 is 0 Å². The highest BCUT2D eigenvalue weighted by Gasteiger charge is 2.15. The number of halogens is 1. The Morgan fingerprint density at radius 3 is 2.81 bits per heavy atom. The molecule has 1 atom stereocenters. The van der Waals surface area contributed by atoms with Crippen LogP contribution in [0.4, 0.5) is 4.39 Å². The maximum Gasteiger partial charge on any atom is 0.227 e. The maximum atomic E-state index is 12.9. The lowest BCUT2D eigenvalue weighted by molar-refractivity contribution is -0.131. The quantitative estimate of drug-likeness (QED) is 0.836. The summed E-state index contributed by atoms with van der Waals surface area (Å²) in [5.74, 6) is -0.477. The molecule has 4 heteroatoms. The fourth-order valence-electron chi connectivity index (χ4n) is 1.31. The van der Waals surface area contributed by atoms with Gasteiger partial charge in [0, 0.05) is 7.05 Å². The summed E-state index contributed by atoms with van der Waals surface area (Å²) in [6, 6.07) is 5.75. The van der Waals surface area contributed by atoms with Crippen molar-refractivity contribution >= 4 is 5.91 Å². The number of hydrogen-bond acceptors (Lipinski definition) is 2. The Bertz CT molecular complexity index is 368. The first kappa shape index (κ1) is 12.6. The van der Waals surface area contributed by atoms with Crippen molar-refractivity contribution in [2.24, 2.45) is 0 Å². The van der Waals surface area contributed by atoms with E-state index in [1.807, 2.05) is 0 Å². The summed E-state index contributed by atoms with van der Waals surface area (Å²) in [6.45, 7) is 1.68. The molecule has 1 unspecified atom stereocenters. The van der Waals surface area contributed by atoms with E-state index in [1.165, 1.54) is 17.0 Å². The topological polar surface area (TPSA) is 40.5 Å². The standard InChI is InChI=1S/C12H16FNO2/c1-9(8-15)14(2)12(16)7-10-4-3-5-11(13)6-10/h3-6,9,15H,7-8H2,1-2H3. The van der Waals surface area contributed by atoms with Crippen molar-refractivity contribution < 1.29 is 14.3 Å². The number of hydrogen-bond donors (Lipinski definition) is 1. The second-order valence-corrected chi connectivity index (χ2v) is 3.84. The summed E-state index contributed by atoms with van der Waals surface area (Å²) in [4.78, 5) is 13.2. The Labute approximate surface area is 94.5 Å². The summed E-state index contributed by atoms with van der Waals surface area (Å²) in [6.07, 6.45) is 0.151. The SMILES string of the molecule is CC(CO)N(C)C(=O)Cc1cccc(F)c1. The van der Waals surface area contributed by atoms with Gasteiger partial charge in [-0.2, -0.15) is 0 Å². The zero-order valence-corrected chi connectivity index (χ0v) is 9.48. The molecule has 1 aromatic carbocycles. The molecular formula is C12H16FNO2. The Morgan fingerprint density at radius 2 is 2.25 bits per heavy atom. The van der Waals surface area contributed by atoms with Gasteiger partial charge in [-0.05, 0) is 24.6 Å². The Hall–Kier alpha value is -1.42. The van der Waals surface area contributed by atoms with Gasteiger partial charge in [0.2, 0.25) is 5.91 Å². The number of carbonyl (C=O) groups is 1. The first-order chi connectivity index (χ1) is 7.54. The van der Waals surface area contributed by atoms with E-state index in [2.05, 4.69) is 0 Å². The van der Waals surface area contributed by atoms with Crippen molar-refractivity contribution in [1.82, 2.24) is 4.90 Å². The second kappa shape index (κ2) is 5.61. The molecule has 1 amide bonds. The van der Waals surface area contributed by atoms with Gasteiger partial charge in [0.05, 0.1) is 19.1 Å². The number of benzene rings is 1. The molecule has 0 spiro atoms. The minimum Gasteiger partial charge on any atom is -0.394 e. The highest BCUT2D eigenvalue weighted by atomic mass is 19.1. The summed E-state index contributed by atoms with van der Waals surface area (Å²) in [5, 5.41) is 8.91. The van der Waals surface area contributed by atoms with Crippen LogP contribution in [0, 0.1) is 5.82 Å².